The van der Waals surface area contributed by atoms with E-state index in [0.29, 0.717) is 0 Å². The fourth-order valence-electron chi connectivity index (χ4n) is 1.99. The number of aryl methyl sites for hydroxylation is 1. The fraction of sp³-hybridized carbons (Fsp3) is 0.231. The molecular weight excluding hydrogens is 270 g/mol. The fourth-order valence-corrected chi connectivity index (χ4v) is 1.99. The molecule has 2 rings (SSSR count). The van der Waals surface area contributed by atoms with Gasteiger partial charge in [-0.2, -0.15) is 5.10 Å². The van der Waals surface area contributed by atoms with E-state index in [1.165, 1.54) is 37.0 Å². The number of carboxylic acid groups (broad SMARTS) is 1. The van der Waals surface area contributed by atoms with Gasteiger partial charge in [0.25, 0.3) is 6.43 Å². The third kappa shape index (κ3) is 2.34. The van der Waals surface area contributed by atoms with Crippen LogP contribution < -0.4 is 4.74 Å². The molecule has 0 bridgehead atoms. The predicted octanol–water partition coefficient (Wildman–Crippen LogP) is 2.73. The molecule has 0 aliphatic heterocycles. The summed E-state index contributed by atoms with van der Waals surface area (Å²) in [5, 5.41) is 12.7. The number of carboxylic acids is 1. The molecule has 0 spiro atoms. The van der Waals surface area contributed by atoms with Crippen LogP contribution in [-0.2, 0) is 7.05 Å². The van der Waals surface area contributed by atoms with Crippen molar-refractivity contribution >= 4 is 5.97 Å². The SMILES string of the molecule is COc1cccc(-c2cc(C(=O)O)nn2C)c1C(F)F. The number of methoxy groups -OCH3 is 1. The van der Waals surface area contributed by atoms with Gasteiger partial charge in [-0.05, 0) is 12.1 Å². The molecule has 7 heteroatoms. The minimum absolute atomic E-state index is 0.0515. The van der Waals surface area contributed by atoms with Crippen LogP contribution in [0.1, 0.15) is 22.5 Å². The van der Waals surface area contributed by atoms with Crippen molar-refractivity contribution < 1.29 is 23.4 Å². The van der Waals surface area contributed by atoms with E-state index in [0.717, 1.165) is 0 Å². The zero-order valence-electron chi connectivity index (χ0n) is 10.8. The second-order valence-corrected chi connectivity index (χ2v) is 4.07. The van der Waals surface area contributed by atoms with Gasteiger partial charge in [-0.25, -0.2) is 13.6 Å². The number of hydrogen-bond donors (Lipinski definition) is 1. The molecule has 0 radical (unpaired) electrons. The Hall–Kier alpha value is -2.44. The van der Waals surface area contributed by atoms with Crippen molar-refractivity contribution in [3.63, 3.8) is 0 Å². The Bertz CT molecular complexity index is 653. The number of aromatic carboxylic acids is 1. The van der Waals surface area contributed by atoms with Gasteiger partial charge in [-0.3, -0.25) is 4.68 Å². The average Bonchev–Trinajstić information content (AvgIpc) is 2.79. The lowest BCUT2D eigenvalue weighted by Gasteiger charge is -2.13. The number of carbonyl (C=O) groups is 1. The molecule has 1 heterocycles. The first-order valence-electron chi connectivity index (χ1n) is 5.68. The molecule has 0 saturated heterocycles. The normalized spacial score (nSPS) is 10.8. The smallest absolute Gasteiger partial charge is 0.356 e. The summed E-state index contributed by atoms with van der Waals surface area (Å²) >= 11 is 0. The Morgan fingerprint density at radius 2 is 2.15 bits per heavy atom. The monoisotopic (exact) mass is 282 g/mol. The number of hydrogen-bond acceptors (Lipinski definition) is 3. The maximum absolute atomic E-state index is 13.2. The summed E-state index contributed by atoms with van der Waals surface area (Å²) in [6.45, 7) is 0. The van der Waals surface area contributed by atoms with Crippen molar-refractivity contribution in [1.29, 1.82) is 0 Å². The summed E-state index contributed by atoms with van der Waals surface area (Å²) in [4.78, 5) is 10.9. The van der Waals surface area contributed by atoms with E-state index >= 15 is 0 Å². The minimum Gasteiger partial charge on any atom is -0.496 e. The van der Waals surface area contributed by atoms with Gasteiger partial charge in [0.2, 0.25) is 0 Å². The van der Waals surface area contributed by atoms with Crippen LogP contribution in [0.4, 0.5) is 8.78 Å². The molecule has 0 aliphatic rings. The number of alkyl halides is 2. The highest BCUT2D eigenvalue weighted by atomic mass is 19.3. The lowest BCUT2D eigenvalue weighted by molar-refractivity contribution is 0.0689. The molecule has 20 heavy (non-hydrogen) atoms. The van der Waals surface area contributed by atoms with Crippen molar-refractivity contribution in [2.75, 3.05) is 7.11 Å². The van der Waals surface area contributed by atoms with Crippen LogP contribution in [0.5, 0.6) is 5.75 Å². The quantitative estimate of drug-likeness (QED) is 0.936. The van der Waals surface area contributed by atoms with E-state index in [1.807, 2.05) is 0 Å². The van der Waals surface area contributed by atoms with E-state index in [4.69, 9.17) is 9.84 Å². The lowest BCUT2D eigenvalue weighted by Crippen LogP contribution is -2.01. The first-order chi connectivity index (χ1) is 9.45. The van der Waals surface area contributed by atoms with Gasteiger partial charge in [0, 0.05) is 12.6 Å². The van der Waals surface area contributed by atoms with Crippen LogP contribution >= 0.6 is 0 Å². The maximum atomic E-state index is 13.2. The third-order valence-electron chi connectivity index (χ3n) is 2.88. The predicted molar refractivity (Wildman–Crippen MR) is 67.1 cm³/mol. The van der Waals surface area contributed by atoms with E-state index in [2.05, 4.69) is 5.10 Å². The molecule has 0 amide bonds. The molecule has 106 valence electrons. The Morgan fingerprint density at radius 1 is 1.45 bits per heavy atom. The molecule has 0 aliphatic carbocycles. The molecule has 0 atom stereocenters. The van der Waals surface area contributed by atoms with Gasteiger partial charge < -0.3 is 9.84 Å². The summed E-state index contributed by atoms with van der Waals surface area (Å²) < 4.78 is 32.7. The van der Waals surface area contributed by atoms with E-state index in [-0.39, 0.29) is 28.3 Å². The standard InChI is InChI=1S/C13H12F2N2O3/c1-17-9(6-8(16-17)13(18)19)7-4-3-5-10(20-2)11(7)12(14)15/h3-6,12H,1-2H3,(H,18,19). The maximum Gasteiger partial charge on any atom is 0.356 e. The number of halogens is 2. The van der Waals surface area contributed by atoms with Crippen LogP contribution in [-0.4, -0.2) is 28.0 Å². The van der Waals surface area contributed by atoms with Gasteiger partial charge in [-0.1, -0.05) is 12.1 Å². The highest BCUT2D eigenvalue weighted by molar-refractivity contribution is 5.87. The van der Waals surface area contributed by atoms with Crippen LogP contribution in [0.15, 0.2) is 24.3 Å². The number of ether oxygens (including phenoxy) is 1. The van der Waals surface area contributed by atoms with E-state index in [1.54, 1.807) is 6.07 Å². The topological polar surface area (TPSA) is 64.3 Å². The zero-order chi connectivity index (χ0) is 14.9. The third-order valence-corrected chi connectivity index (χ3v) is 2.88. The largest absolute Gasteiger partial charge is 0.496 e. The second kappa shape index (κ2) is 5.28. The van der Waals surface area contributed by atoms with Crippen LogP contribution in [0.25, 0.3) is 11.3 Å². The van der Waals surface area contributed by atoms with Crippen molar-refractivity contribution in [1.82, 2.24) is 9.78 Å². The van der Waals surface area contributed by atoms with E-state index in [9.17, 15) is 13.6 Å². The van der Waals surface area contributed by atoms with Crippen molar-refractivity contribution in [2.45, 2.75) is 6.43 Å². The van der Waals surface area contributed by atoms with Crippen molar-refractivity contribution in [3.05, 3.63) is 35.5 Å². The van der Waals surface area contributed by atoms with E-state index < -0.39 is 12.4 Å². The first-order valence-corrected chi connectivity index (χ1v) is 5.68. The molecule has 2 aromatic rings. The average molecular weight is 282 g/mol. The highest BCUT2D eigenvalue weighted by Crippen LogP contribution is 2.37. The van der Waals surface area contributed by atoms with Gasteiger partial charge in [-0.15, -0.1) is 0 Å². The van der Waals surface area contributed by atoms with Gasteiger partial charge >= 0.3 is 5.97 Å². The number of rotatable bonds is 4. The van der Waals surface area contributed by atoms with Crippen molar-refractivity contribution in [2.24, 2.45) is 7.05 Å². The number of benzene rings is 1. The molecule has 1 aromatic heterocycles. The molecule has 1 aromatic carbocycles. The van der Waals surface area contributed by atoms with Gasteiger partial charge in [0.15, 0.2) is 5.69 Å². The zero-order valence-corrected chi connectivity index (χ0v) is 10.8. The Labute approximate surface area is 113 Å². The van der Waals surface area contributed by atoms with Crippen LogP contribution in [0.3, 0.4) is 0 Å². The van der Waals surface area contributed by atoms with Crippen molar-refractivity contribution in [3.8, 4) is 17.0 Å². The van der Waals surface area contributed by atoms with Gasteiger partial charge in [0.1, 0.15) is 5.75 Å². The summed E-state index contributed by atoms with van der Waals surface area (Å²) in [7, 11) is 2.80. The molecular formula is C13H12F2N2O3. The molecule has 0 saturated carbocycles. The molecule has 0 fully saturated rings. The van der Waals surface area contributed by atoms with Gasteiger partial charge in [0.05, 0.1) is 18.4 Å². The summed E-state index contributed by atoms with van der Waals surface area (Å²) in [5.41, 5.74) is -0.000995. The molecule has 5 nitrogen and oxygen atoms in total. The Balaban J connectivity index is 2.66. The lowest BCUT2D eigenvalue weighted by atomic mass is 10.0. The van der Waals surface area contributed by atoms with Crippen LogP contribution in [0, 0.1) is 0 Å². The minimum atomic E-state index is -2.75. The number of aromatic nitrogens is 2. The highest BCUT2D eigenvalue weighted by Gasteiger charge is 2.22. The van der Waals surface area contributed by atoms with Crippen LogP contribution in [0.2, 0.25) is 0 Å². The summed E-state index contributed by atoms with van der Waals surface area (Å²) in [5.74, 6) is -1.16. The molecule has 1 N–H and O–H groups in total. The Morgan fingerprint density at radius 3 is 2.65 bits per heavy atom. The Kier molecular flexibility index (Phi) is 3.69. The summed E-state index contributed by atoms with van der Waals surface area (Å²) in [6, 6.07) is 5.72. The molecule has 0 unspecified atom stereocenters. The summed E-state index contributed by atoms with van der Waals surface area (Å²) in [6.07, 6.45) is -2.75. The first kappa shape index (κ1) is 14.0. The number of nitrogens with zero attached hydrogens (tertiary/aromatic N) is 2. The second-order valence-electron chi connectivity index (χ2n) is 4.07.